The molecule has 1 atom stereocenters. The highest BCUT2D eigenvalue weighted by Crippen LogP contribution is 2.29. The van der Waals surface area contributed by atoms with Gasteiger partial charge in [-0.1, -0.05) is 0 Å². The van der Waals surface area contributed by atoms with Crippen LogP contribution < -0.4 is 0 Å². The van der Waals surface area contributed by atoms with Gasteiger partial charge in [0.15, 0.2) is 5.82 Å². The lowest BCUT2D eigenvalue weighted by Gasteiger charge is -2.20. The van der Waals surface area contributed by atoms with E-state index in [9.17, 15) is 8.42 Å². The van der Waals surface area contributed by atoms with Gasteiger partial charge in [0.25, 0.3) is 10.2 Å². The molecule has 0 aliphatic carbocycles. The maximum Gasteiger partial charge on any atom is 0.281 e. The average Bonchev–Trinajstić information content (AvgIpc) is 3.15. The van der Waals surface area contributed by atoms with Gasteiger partial charge in [-0.25, -0.2) is 15.0 Å². The molecular weight excluding hydrogens is 328 g/mol. The van der Waals surface area contributed by atoms with E-state index in [1.54, 1.807) is 20.3 Å². The van der Waals surface area contributed by atoms with Gasteiger partial charge in [0.05, 0.1) is 0 Å². The van der Waals surface area contributed by atoms with Crippen LogP contribution in [0.2, 0.25) is 0 Å². The van der Waals surface area contributed by atoms with E-state index < -0.39 is 10.2 Å². The summed E-state index contributed by atoms with van der Waals surface area (Å²) in [7, 11) is -0.281. The summed E-state index contributed by atoms with van der Waals surface area (Å²) in [5, 5.41) is 0. The quantitative estimate of drug-likeness (QED) is 0.890. The molecule has 2 aromatic heterocycles. The van der Waals surface area contributed by atoms with Crippen molar-refractivity contribution >= 4 is 10.2 Å². The third-order valence-corrected chi connectivity index (χ3v) is 6.07. The maximum absolute atomic E-state index is 12.3. The molecule has 130 valence electrons. The summed E-state index contributed by atoms with van der Waals surface area (Å²) < 4.78 is 27.3. The monoisotopic (exact) mass is 350 g/mol. The molecule has 0 unspecified atom stereocenters. The van der Waals surface area contributed by atoms with Crippen LogP contribution in [0.15, 0.2) is 12.3 Å². The number of nitrogens with one attached hydrogen (secondary N) is 1. The van der Waals surface area contributed by atoms with Crippen molar-refractivity contribution < 1.29 is 8.42 Å². The summed E-state index contributed by atoms with van der Waals surface area (Å²) in [5.74, 6) is 1.43. The molecule has 0 amide bonds. The summed E-state index contributed by atoms with van der Waals surface area (Å²) in [5.41, 5.74) is 2.56. The van der Waals surface area contributed by atoms with Crippen LogP contribution in [-0.2, 0) is 10.2 Å². The molecule has 0 spiro atoms. The second kappa shape index (κ2) is 6.23. The van der Waals surface area contributed by atoms with E-state index in [1.165, 1.54) is 8.61 Å². The second-order valence-electron chi connectivity index (χ2n) is 6.27. The summed E-state index contributed by atoms with van der Waals surface area (Å²) in [4.78, 5) is 16.4. The van der Waals surface area contributed by atoms with Gasteiger partial charge in [0.1, 0.15) is 11.5 Å². The molecular formula is C15H22N6O2S. The van der Waals surface area contributed by atoms with Gasteiger partial charge in [-0.05, 0) is 26.3 Å². The van der Waals surface area contributed by atoms with Crippen LogP contribution in [0.1, 0.15) is 29.6 Å². The third kappa shape index (κ3) is 3.19. The molecule has 1 N–H and O–H groups in total. The Morgan fingerprint density at radius 3 is 2.67 bits per heavy atom. The molecule has 3 heterocycles. The molecule has 0 saturated carbocycles. The summed E-state index contributed by atoms with van der Waals surface area (Å²) in [6.07, 6.45) is 2.51. The van der Waals surface area contributed by atoms with Crippen molar-refractivity contribution in [2.45, 2.75) is 26.2 Å². The minimum atomic E-state index is -3.38. The van der Waals surface area contributed by atoms with Gasteiger partial charge in [-0.15, -0.1) is 0 Å². The zero-order valence-electron chi connectivity index (χ0n) is 14.3. The average molecular weight is 350 g/mol. The number of aromatic nitrogens is 4. The maximum atomic E-state index is 12.3. The Morgan fingerprint density at radius 1 is 1.29 bits per heavy atom. The van der Waals surface area contributed by atoms with Crippen LogP contribution in [0.4, 0.5) is 0 Å². The minimum Gasteiger partial charge on any atom is -0.341 e. The molecule has 9 heteroatoms. The van der Waals surface area contributed by atoms with E-state index in [4.69, 9.17) is 0 Å². The van der Waals surface area contributed by atoms with Crippen molar-refractivity contribution in [1.82, 2.24) is 28.5 Å². The van der Waals surface area contributed by atoms with E-state index in [1.807, 2.05) is 19.9 Å². The van der Waals surface area contributed by atoms with Gasteiger partial charge in [0.2, 0.25) is 0 Å². The van der Waals surface area contributed by atoms with Crippen molar-refractivity contribution in [2.75, 3.05) is 27.2 Å². The minimum absolute atomic E-state index is 0.0660. The molecule has 0 radical (unpaired) electrons. The van der Waals surface area contributed by atoms with E-state index in [-0.39, 0.29) is 5.92 Å². The van der Waals surface area contributed by atoms with Crippen molar-refractivity contribution in [3.63, 3.8) is 0 Å². The summed E-state index contributed by atoms with van der Waals surface area (Å²) in [6.45, 7) is 4.72. The van der Waals surface area contributed by atoms with E-state index in [0.29, 0.717) is 24.7 Å². The topological polar surface area (TPSA) is 95.1 Å². The molecule has 1 fully saturated rings. The van der Waals surface area contributed by atoms with Gasteiger partial charge in [-0.2, -0.15) is 17.0 Å². The van der Waals surface area contributed by atoms with Crippen LogP contribution in [0.25, 0.3) is 11.5 Å². The molecule has 1 saturated heterocycles. The second-order valence-corrected chi connectivity index (χ2v) is 8.42. The van der Waals surface area contributed by atoms with Crippen LogP contribution >= 0.6 is 0 Å². The molecule has 1 aliphatic rings. The van der Waals surface area contributed by atoms with Gasteiger partial charge >= 0.3 is 0 Å². The lowest BCUT2D eigenvalue weighted by molar-refractivity contribution is 0.418. The Bertz CT molecular complexity index is 845. The van der Waals surface area contributed by atoms with Crippen LogP contribution in [0.5, 0.6) is 0 Å². The van der Waals surface area contributed by atoms with Crippen molar-refractivity contribution in [3.8, 4) is 11.5 Å². The Kier molecular flexibility index (Phi) is 4.41. The smallest absolute Gasteiger partial charge is 0.281 e. The number of aryl methyl sites for hydroxylation is 2. The van der Waals surface area contributed by atoms with E-state index >= 15 is 0 Å². The fourth-order valence-electron chi connectivity index (χ4n) is 2.87. The number of hydrogen-bond acceptors (Lipinski definition) is 5. The summed E-state index contributed by atoms with van der Waals surface area (Å²) >= 11 is 0. The van der Waals surface area contributed by atoms with Crippen molar-refractivity contribution in [2.24, 2.45) is 0 Å². The first-order valence-electron chi connectivity index (χ1n) is 7.82. The van der Waals surface area contributed by atoms with Crippen LogP contribution in [0, 0.1) is 13.8 Å². The van der Waals surface area contributed by atoms with Gasteiger partial charge in [0, 0.05) is 50.7 Å². The highest BCUT2D eigenvalue weighted by Gasteiger charge is 2.34. The lowest BCUT2D eigenvalue weighted by Crippen LogP contribution is -2.38. The SMILES string of the molecule is Cc1nc(-c2ncc(C)[nH]2)cc([C@H]2CCN(S(=O)(=O)N(C)C)C2)n1. The van der Waals surface area contributed by atoms with Crippen LogP contribution in [-0.4, -0.2) is 64.1 Å². The first-order chi connectivity index (χ1) is 11.3. The molecule has 1 aliphatic heterocycles. The third-order valence-electron chi connectivity index (χ3n) is 4.16. The molecule has 2 aromatic rings. The number of imidazole rings is 1. The van der Waals surface area contributed by atoms with E-state index in [0.717, 1.165) is 23.5 Å². The number of hydrogen-bond donors (Lipinski definition) is 1. The largest absolute Gasteiger partial charge is 0.341 e. The molecule has 0 bridgehead atoms. The first-order valence-corrected chi connectivity index (χ1v) is 9.22. The zero-order chi connectivity index (χ0) is 17.5. The highest BCUT2D eigenvalue weighted by molar-refractivity contribution is 7.86. The fourth-order valence-corrected chi connectivity index (χ4v) is 4.04. The van der Waals surface area contributed by atoms with Crippen LogP contribution in [0.3, 0.4) is 0 Å². The lowest BCUT2D eigenvalue weighted by atomic mass is 10.0. The molecule has 8 nitrogen and oxygen atoms in total. The molecule has 0 aromatic carbocycles. The van der Waals surface area contributed by atoms with Gasteiger partial charge < -0.3 is 4.98 Å². The fraction of sp³-hybridized carbons (Fsp3) is 0.533. The Balaban J connectivity index is 1.87. The van der Waals surface area contributed by atoms with Gasteiger partial charge in [-0.3, -0.25) is 0 Å². The molecule has 3 rings (SSSR count). The Hall–Kier alpha value is -1.84. The predicted octanol–water partition coefficient (Wildman–Crippen LogP) is 1.08. The number of rotatable bonds is 4. The normalized spacial score (nSPS) is 19.3. The van der Waals surface area contributed by atoms with Crippen molar-refractivity contribution in [1.29, 1.82) is 0 Å². The Morgan fingerprint density at radius 2 is 2.04 bits per heavy atom. The summed E-state index contributed by atoms with van der Waals surface area (Å²) in [6, 6.07) is 1.90. The Labute approximate surface area is 142 Å². The highest BCUT2D eigenvalue weighted by atomic mass is 32.2. The molecule has 24 heavy (non-hydrogen) atoms. The van der Waals surface area contributed by atoms with Crippen molar-refractivity contribution in [3.05, 3.63) is 29.5 Å². The van der Waals surface area contributed by atoms with E-state index in [2.05, 4.69) is 19.9 Å². The first kappa shape index (κ1) is 17.0. The number of H-pyrrole nitrogens is 1. The number of aromatic amines is 1. The standard InChI is InChI=1S/C15H22N6O2S/c1-10-8-16-15(17-10)14-7-13(18-11(2)19-14)12-5-6-21(9-12)24(22,23)20(3)4/h7-8,12H,5-6,9H2,1-4H3,(H,16,17)/t12-/m0/s1. The predicted molar refractivity (Wildman–Crippen MR) is 90.6 cm³/mol. The zero-order valence-corrected chi connectivity index (χ0v) is 15.1. The number of nitrogens with zero attached hydrogens (tertiary/aromatic N) is 5.